The van der Waals surface area contributed by atoms with Gasteiger partial charge in [0.2, 0.25) is 5.91 Å². The molecule has 1 aliphatic rings. The quantitative estimate of drug-likeness (QED) is 0.767. The summed E-state index contributed by atoms with van der Waals surface area (Å²) in [5.74, 6) is 0.0160. The topological polar surface area (TPSA) is 49.3 Å². The average molecular weight is 347 g/mol. The predicted molar refractivity (Wildman–Crippen MR) is 93.7 cm³/mol. The highest BCUT2D eigenvalue weighted by molar-refractivity contribution is 7.07. The number of thiophene rings is 1. The van der Waals surface area contributed by atoms with Crippen molar-refractivity contribution in [2.24, 2.45) is 0 Å². The largest absolute Gasteiger partial charge is 0.396 e. The lowest BCUT2D eigenvalue weighted by atomic mass is 9.93. The molecule has 1 aliphatic carbocycles. The number of nitrogens with one attached hydrogen (secondary N) is 1. The summed E-state index contributed by atoms with van der Waals surface area (Å²) < 4.78 is 13.1. The van der Waals surface area contributed by atoms with E-state index in [4.69, 9.17) is 0 Å². The van der Waals surface area contributed by atoms with E-state index >= 15 is 0 Å². The predicted octanol–water partition coefficient (Wildman–Crippen LogP) is 3.59. The highest BCUT2D eigenvalue weighted by Crippen LogP contribution is 2.48. The van der Waals surface area contributed by atoms with E-state index in [1.165, 1.54) is 17.7 Å². The molecular formula is C19H22FNO2S. The molecule has 1 aromatic heterocycles. The van der Waals surface area contributed by atoms with Gasteiger partial charge in [-0.15, -0.1) is 0 Å². The average Bonchev–Trinajstić information content (AvgIpc) is 3.21. The first-order valence-electron chi connectivity index (χ1n) is 8.33. The third-order valence-corrected chi connectivity index (χ3v) is 5.55. The first kappa shape index (κ1) is 17.1. The number of hydrogen-bond donors (Lipinski definition) is 2. The van der Waals surface area contributed by atoms with E-state index in [1.54, 1.807) is 23.5 Å². The van der Waals surface area contributed by atoms with E-state index in [-0.39, 0.29) is 24.2 Å². The molecule has 2 aromatic rings. The van der Waals surface area contributed by atoms with Crippen LogP contribution >= 0.6 is 11.3 Å². The van der Waals surface area contributed by atoms with Crippen LogP contribution in [-0.4, -0.2) is 24.2 Å². The maximum atomic E-state index is 13.1. The van der Waals surface area contributed by atoms with Gasteiger partial charge in [-0.3, -0.25) is 4.79 Å². The van der Waals surface area contributed by atoms with Gasteiger partial charge in [-0.2, -0.15) is 11.3 Å². The molecule has 3 nitrogen and oxygen atoms in total. The van der Waals surface area contributed by atoms with Crippen LogP contribution in [0.15, 0.2) is 41.1 Å². The molecule has 1 aromatic carbocycles. The molecule has 0 bridgehead atoms. The molecule has 1 saturated carbocycles. The van der Waals surface area contributed by atoms with Crippen LogP contribution in [0.2, 0.25) is 0 Å². The van der Waals surface area contributed by atoms with E-state index in [0.29, 0.717) is 13.0 Å². The van der Waals surface area contributed by atoms with Gasteiger partial charge in [-0.1, -0.05) is 12.1 Å². The molecule has 0 aliphatic heterocycles. The Morgan fingerprint density at radius 1 is 1.25 bits per heavy atom. The lowest BCUT2D eigenvalue weighted by Gasteiger charge is -2.18. The van der Waals surface area contributed by atoms with Gasteiger partial charge in [0.05, 0.1) is 5.41 Å². The van der Waals surface area contributed by atoms with Crippen molar-refractivity contribution >= 4 is 17.2 Å². The van der Waals surface area contributed by atoms with Crippen molar-refractivity contribution in [3.8, 4) is 0 Å². The lowest BCUT2D eigenvalue weighted by molar-refractivity contribution is -0.123. The van der Waals surface area contributed by atoms with Crippen LogP contribution < -0.4 is 5.32 Å². The molecule has 0 radical (unpaired) electrons. The molecule has 5 heteroatoms. The monoisotopic (exact) mass is 347 g/mol. The summed E-state index contributed by atoms with van der Waals surface area (Å²) in [7, 11) is 0. The van der Waals surface area contributed by atoms with Crippen molar-refractivity contribution in [1.29, 1.82) is 0 Å². The number of aliphatic hydroxyl groups is 1. The zero-order valence-corrected chi connectivity index (χ0v) is 14.3. The Labute approximate surface area is 145 Å². The highest BCUT2D eigenvalue weighted by atomic mass is 32.1. The molecule has 128 valence electrons. The second-order valence-electron chi connectivity index (χ2n) is 6.40. The second-order valence-corrected chi connectivity index (χ2v) is 7.18. The van der Waals surface area contributed by atoms with Crippen LogP contribution in [0.3, 0.4) is 0 Å². The van der Waals surface area contributed by atoms with Crippen molar-refractivity contribution in [3.05, 3.63) is 58.0 Å². The van der Waals surface area contributed by atoms with Crippen LogP contribution in [-0.2, 0) is 10.2 Å². The van der Waals surface area contributed by atoms with Crippen molar-refractivity contribution in [2.75, 3.05) is 13.2 Å². The third kappa shape index (κ3) is 3.68. The highest BCUT2D eigenvalue weighted by Gasteiger charge is 2.51. The van der Waals surface area contributed by atoms with Crippen molar-refractivity contribution in [2.45, 2.75) is 37.0 Å². The summed E-state index contributed by atoms with van der Waals surface area (Å²) >= 11 is 1.65. The minimum absolute atomic E-state index is 0.0298. The first-order valence-corrected chi connectivity index (χ1v) is 9.27. The molecule has 1 amide bonds. The van der Waals surface area contributed by atoms with Gasteiger partial charge in [0.1, 0.15) is 5.82 Å². The fraction of sp³-hybridized carbons (Fsp3) is 0.421. The summed E-state index contributed by atoms with van der Waals surface area (Å²) in [6.07, 6.45) is 3.14. The van der Waals surface area contributed by atoms with Gasteiger partial charge in [-0.05, 0) is 71.7 Å². The molecular weight excluding hydrogens is 325 g/mol. The van der Waals surface area contributed by atoms with Gasteiger partial charge >= 0.3 is 0 Å². The van der Waals surface area contributed by atoms with E-state index in [2.05, 4.69) is 16.8 Å². The Hall–Kier alpha value is -1.72. The van der Waals surface area contributed by atoms with Crippen LogP contribution in [0.25, 0.3) is 0 Å². The van der Waals surface area contributed by atoms with Gasteiger partial charge in [0.25, 0.3) is 0 Å². The van der Waals surface area contributed by atoms with Crippen LogP contribution in [0.1, 0.15) is 42.7 Å². The Morgan fingerprint density at radius 2 is 2.00 bits per heavy atom. The summed E-state index contributed by atoms with van der Waals surface area (Å²) in [5.41, 5.74) is 1.65. The SMILES string of the molecule is O=C(NCCC(CCO)c1ccsc1)C1(c2ccc(F)cc2)CC1. The first-order chi connectivity index (χ1) is 11.7. The van der Waals surface area contributed by atoms with Gasteiger partial charge in [0.15, 0.2) is 0 Å². The number of halogens is 1. The standard InChI is InChI=1S/C19H22FNO2S/c20-17-3-1-16(2-4-17)19(8-9-19)18(23)21-10-5-14(6-11-22)15-7-12-24-13-15/h1-4,7,12-14,22H,5-6,8-11H2,(H,21,23). The maximum Gasteiger partial charge on any atom is 0.230 e. The van der Waals surface area contributed by atoms with E-state index in [1.807, 2.05) is 5.38 Å². The van der Waals surface area contributed by atoms with Crippen LogP contribution in [0.4, 0.5) is 4.39 Å². The van der Waals surface area contributed by atoms with Crippen molar-refractivity contribution < 1.29 is 14.3 Å². The molecule has 2 N–H and O–H groups in total. The third-order valence-electron chi connectivity index (χ3n) is 4.85. The Bertz CT molecular complexity index is 665. The number of carbonyl (C=O) groups excluding carboxylic acids is 1. The van der Waals surface area contributed by atoms with Gasteiger partial charge in [0, 0.05) is 13.2 Å². The minimum Gasteiger partial charge on any atom is -0.396 e. The van der Waals surface area contributed by atoms with Gasteiger partial charge < -0.3 is 10.4 Å². The number of hydrogen-bond acceptors (Lipinski definition) is 3. The molecule has 24 heavy (non-hydrogen) atoms. The molecule has 0 saturated heterocycles. The zero-order valence-electron chi connectivity index (χ0n) is 13.5. The Kier molecular flexibility index (Phi) is 5.31. The number of benzene rings is 1. The van der Waals surface area contributed by atoms with E-state index in [0.717, 1.165) is 24.8 Å². The van der Waals surface area contributed by atoms with E-state index < -0.39 is 5.41 Å². The number of amides is 1. The number of carbonyl (C=O) groups is 1. The van der Waals surface area contributed by atoms with Crippen molar-refractivity contribution in [1.82, 2.24) is 5.32 Å². The Balaban J connectivity index is 1.56. The molecule has 1 atom stereocenters. The molecule has 1 unspecified atom stereocenters. The van der Waals surface area contributed by atoms with E-state index in [9.17, 15) is 14.3 Å². The molecule has 1 fully saturated rings. The van der Waals surface area contributed by atoms with Crippen LogP contribution in [0.5, 0.6) is 0 Å². The fourth-order valence-corrected chi connectivity index (χ4v) is 3.95. The van der Waals surface area contributed by atoms with Crippen molar-refractivity contribution in [3.63, 3.8) is 0 Å². The molecule has 1 heterocycles. The van der Waals surface area contributed by atoms with Crippen LogP contribution in [0, 0.1) is 5.82 Å². The lowest BCUT2D eigenvalue weighted by Crippen LogP contribution is -2.35. The smallest absolute Gasteiger partial charge is 0.230 e. The number of aliphatic hydroxyl groups excluding tert-OH is 1. The maximum absolute atomic E-state index is 13.1. The van der Waals surface area contributed by atoms with Gasteiger partial charge in [-0.25, -0.2) is 4.39 Å². The normalized spacial score (nSPS) is 16.6. The molecule has 3 rings (SSSR count). The summed E-state index contributed by atoms with van der Waals surface area (Å²) in [6.45, 7) is 0.732. The fourth-order valence-electron chi connectivity index (χ4n) is 3.21. The minimum atomic E-state index is -0.470. The number of rotatable bonds is 8. The summed E-state index contributed by atoms with van der Waals surface area (Å²) in [6, 6.07) is 8.32. The zero-order chi connectivity index (χ0) is 17.0. The summed E-state index contributed by atoms with van der Waals surface area (Å²) in [5, 5.41) is 16.4. The second kappa shape index (κ2) is 7.45. The molecule has 0 spiro atoms. The summed E-state index contributed by atoms with van der Waals surface area (Å²) in [4.78, 5) is 12.6. The Morgan fingerprint density at radius 3 is 2.58 bits per heavy atom.